The molecule has 43 heavy (non-hydrogen) atoms. The number of hydrogen-bond acceptors (Lipinski definition) is 8. The molecule has 3 aromatic rings. The number of aromatic carboxylic acids is 1. The zero-order chi connectivity index (χ0) is 30.4. The highest BCUT2D eigenvalue weighted by molar-refractivity contribution is 8.22. The monoisotopic (exact) mass is 629 g/mol. The Morgan fingerprint density at radius 3 is 2.37 bits per heavy atom. The summed E-state index contributed by atoms with van der Waals surface area (Å²) in [4.78, 5) is 41.9. The van der Waals surface area contributed by atoms with E-state index in [-0.39, 0.29) is 23.5 Å². The molecule has 3 heterocycles. The van der Waals surface area contributed by atoms with Gasteiger partial charge in [-0.25, -0.2) is 18.4 Å². The molecule has 1 amide bonds. The van der Waals surface area contributed by atoms with Gasteiger partial charge in [0.05, 0.1) is 35.7 Å². The molecule has 0 spiro atoms. The van der Waals surface area contributed by atoms with Gasteiger partial charge in [-0.05, 0) is 49.4 Å². The van der Waals surface area contributed by atoms with E-state index in [0.717, 1.165) is 18.9 Å². The number of piperazine rings is 1. The van der Waals surface area contributed by atoms with Crippen molar-refractivity contribution in [3.05, 3.63) is 63.9 Å². The molecule has 1 aromatic heterocycles. The lowest BCUT2D eigenvalue weighted by atomic mass is 10.1. The smallest absolute Gasteiger partial charge is 0.414 e. The predicted octanol–water partition coefficient (Wildman–Crippen LogP) is 4.20. The first kappa shape index (κ1) is 29.2. The SMILES string of the molecule is CSC(=S)NC[C@H]1CN(c2ccc(N3CCN(c4cc5c(cc4F)c(=O)c(C(=O)O)cn5C4CC4)CC3)c(F)c2)C(=O)O1. The number of cyclic esters (lactones) is 1. The average Bonchev–Trinajstić information content (AvgIpc) is 3.77. The molecule has 0 unspecified atom stereocenters. The van der Waals surface area contributed by atoms with Gasteiger partial charge in [-0.3, -0.25) is 9.69 Å². The number of pyridine rings is 1. The molecule has 3 fully saturated rings. The zero-order valence-corrected chi connectivity index (χ0v) is 24.9. The molecule has 1 aliphatic carbocycles. The van der Waals surface area contributed by atoms with Crippen molar-refractivity contribution in [2.24, 2.45) is 0 Å². The fourth-order valence-electron chi connectivity index (χ4n) is 5.62. The summed E-state index contributed by atoms with van der Waals surface area (Å²) < 4.78 is 38.4. The van der Waals surface area contributed by atoms with Gasteiger partial charge < -0.3 is 29.5 Å². The number of carboxylic acid groups (broad SMARTS) is 1. The number of fused-ring (bicyclic) bond motifs is 1. The largest absolute Gasteiger partial charge is 0.477 e. The first-order valence-electron chi connectivity index (χ1n) is 13.9. The van der Waals surface area contributed by atoms with Crippen molar-refractivity contribution < 1.29 is 28.2 Å². The van der Waals surface area contributed by atoms with Crippen LogP contribution in [0.3, 0.4) is 0 Å². The minimum absolute atomic E-state index is 0.0433. The number of amides is 1. The number of anilines is 3. The maximum Gasteiger partial charge on any atom is 0.414 e. The lowest BCUT2D eigenvalue weighted by Crippen LogP contribution is -2.47. The number of hydrogen-bond donors (Lipinski definition) is 2. The number of halogens is 2. The van der Waals surface area contributed by atoms with Gasteiger partial charge in [0.2, 0.25) is 5.43 Å². The van der Waals surface area contributed by atoms with Gasteiger partial charge in [-0.1, -0.05) is 12.2 Å². The standard InChI is InChI=1S/C29H29F2N5O5S2/c1-43-28(42)32-13-18-14-36(29(40)41-18)17-4-5-23(21(30)10-17)33-6-8-34(9-7-33)25-12-24-19(11-22(25)31)26(37)20(27(38)39)15-35(24)16-2-3-16/h4-5,10-12,15-16,18H,2-3,6-9,13-14H2,1H3,(H,32,42)(H,38,39)/t18-/m0/s1. The third kappa shape index (κ3) is 5.73. The molecular formula is C29H29F2N5O5S2. The van der Waals surface area contributed by atoms with Crippen molar-refractivity contribution in [1.29, 1.82) is 0 Å². The Morgan fingerprint density at radius 2 is 1.74 bits per heavy atom. The topological polar surface area (TPSA) is 107 Å². The first-order valence-corrected chi connectivity index (χ1v) is 15.5. The number of benzene rings is 2. The fraction of sp³-hybridized carbons (Fsp3) is 0.379. The Hall–Kier alpha value is -3.91. The summed E-state index contributed by atoms with van der Waals surface area (Å²) in [5.41, 5.74) is 0.510. The van der Waals surface area contributed by atoms with Crippen molar-refractivity contribution in [1.82, 2.24) is 9.88 Å². The molecule has 14 heteroatoms. The van der Waals surface area contributed by atoms with Crippen LogP contribution in [0.2, 0.25) is 0 Å². The molecule has 10 nitrogen and oxygen atoms in total. The van der Waals surface area contributed by atoms with Crippen LogP contribution in [-0.4, -0.2) is 77.7 Å². The van der Waals surface area contributed by atoms with Gasteiger partial charge in [-0.15, -0.1) is 11.8 Å². The van der Waals surface area contributed by atoms with Crippen molar-refractivity contribution in [2.45, 2.75) is 25.0 Å². The van der Waals surface area contributed by atoms with E-state index < -0.39 is 35.2 Å². The van der Waals surface area contributed by atoms with Crippen LogP contribution < -0.4 is 25.4 Å². The summed E-state index contributed by atoms with van der Waals surface area (Å²) in [7, 11) is 0. The van der Waals surface area contributed by atoms with Crippen LogP contribution >= 0.6 is 24.0 Å². The quantitative estimate of drug-likeness (QED) is 0.370. The van der Waals surface area contributed by atoms with Crippen molar-refractivity contribution in [3.63, 3.8) is 0 Å². The van der Waals surface area contributed by atoms with Gasteiger partial charge in [-0.2, -0.15) is 0 Å². The Balaban J connectivity index is 1.16. The van der Waals surface area contributed by atoms with E-state index in [2.05, 4.69) is 5.32 Å². The Morgan fingerprint density at radius 1 is 1.07 bits per heavy atom. The molecule has 0 bridgehead atoms. The number of nitrogens with zero attached hydrogens (tertiary/aromatic N) is 4. The van der Waals surface area contributed by atoms with Crippen LogP contribution in [0, 0.1) is 11.6 Å². The van der Waals surface area contributed by atoms with E-state index in [1.165, 1.54) is 28.9 Å². The summed E-state index contributed by atoms with van der Waals surface area (Å²) in [5, 5.41) is 12.5. The Labute approximate surface area is 255 Å². The lowest BCUT2D eigenvalue weighted by Gasteiger charge is -2.37. The second kappa shape index (κ2) is 11.6. The Bertz CT molecular complexity index is 1690. The van der Waals surface area contributed by atoms with Crippen molar-refractivity contribution in [2.75, 3.05) is 60.2 Å². The number of rotatable bonds is 7. The number of nitrogens with one attached hydrogen (secondary N) is 1. The number of ether oxygens (including phenoxy) is 1. The van der Waals surface area contributed by atoms with Crippen LogP contribution in [0.25, 0.3) is 10.9 Å². The predicted molar refractivity (Wildman–Crippen MR) is 166 cm³/mol. The van der Waals surface area contributed by atoms with Gasteiger partial charge in [0.25, 0.3) is 0 Å². The van der Waals surface area contributed by atoms with E-state index in [1.807, 2.05) is 16.1 Å². The maximum absolute atomic E-state index is 15.3. The van der Waals surface area contributed by atoms with Crippen LogP contribution in [0.1, 0.15) is 29.2 Å². The molecular weight excluding hydrogens is 600 g/mol. The molecule has 3 aliphatic rings. The van der Waals surface area contributed by atoms with E-state index in [9.17, 15) is 19.5 Å². The van der Waals surface area contributed by atoms with Gasteiger partial charge in [0.1, 0.15) is 27.6 Å². The van der Waals surface area contributed by atoms with Crippen LogP contribution in [0.4, 0.5) is 30.6 Å². The average molecular weight is 630 g/mol. The molecule has 226 valence electrons. The number of thiocarbonyl (C=S) groups is 1. The van der Waals surface area contributed by atoms with Crippen LogP contribution in [0.15, 0.2) is 41.3 Å². The minimum atomic E-state index is -1.34. The normalized spacial score (nSPS) is 18.7. The molecule has 2 N–H and O–H groups in total. The van der Waals surface area contributed by atoms with Gasteiger partial charge in [0, 0.05) is 43.8 Å². The molecule has 2 aromatic carbocycles. The Kier molecular flexibility index (Phi) is 7.90. The highest BCUT2D eigenvalue weighted by Crippen LogP contribution is 2.38. The van der Waals surface area contributed by atoms with Gasteiger partial charge >= 0.3 is 12.1 Å². The highest BCUT2D eigenvalue weighted by atomic mass is 32.2. The molecule has 0 radical (unpaired) electrons. The molecule has 6 rings (SSSR count). The summed E-state index contributed by atoms with van der Waals surface area (Å²) in [6.45, 7) is 2.26. The third-order valence-electron chi connectivity index (χ3n) is 8.01. The van der Waals surface area contributed by atoms with E-state index in [4.69, 9.17) is 17.0 Å². The molecule has 1 saturated carbocycles. The van der Waals surface area contributed by atoms with E-state index in [1.54, 1.807) is 22.8 Å². The van der Waals surface area contributed by atoms with Crippen LogP contribution in [-0.2, 0) is 4.74 Å². The number of carbonyl (C=O) groups excluding carboxylic acids is 1. The molecule has 1 atom stereocenters. The molecule has 2 aliphatic heterocycles. The number of aromatic nitrogens is 1. The number of carboxylic acids is 1. The summed E-state index contributed by atoms with van der Waals surface area (Å²) in [6.07, 6.45) is 3.96. The lowest BCUT2D eigenvalue weighted by molar-refractivity contribution is 0.0694. The summed E-state index contributed by atoms with van der Waals surface area (Å²) >= 11 is 6.51. The second-order valence-electron chi connectivity index (χ2n) is 10.7. The summed E-state index contributed by atoms with van der Waals surface area (Å²) in [5.74, 6) is -2.43. The molecule has 2 saturated heterocycles. The van der Waals surface area contributed by atoms with Crippen molar-refractivity contribution in [3.8, 4) is 0 Å². The number of carbonyl (C=O) groups is 2. The van der Waals surface area contributed by atoms with Crippen molar-refractivity contribution >= 4 is 68.3 Å². The van der Waals surface area contributed by atoms with E-state index in [0.29, 0.717) is 59.6 Å². The first-order chi connectivity index (χ1) is 20.6. The highest BCUT2D eigenvalue weighted by Gasteiger charge is 2.33. The van der Waals surface area contributed by atoms with Gasteiger partial charge in [0.15, 0.2) is 0 Å². The second-order valence-corrected chi connectivity index (χ2v) is 12.2. The minimum Gasteiger partial charge on any atom is -0.477 e. The zero-order valence-electron chi connectivity index (χ0n) is 23.2. The maximum atomic E-state index is 15.3. The fourth-order valence-corrected chi connectivity index (χ4v) is 5.94. The number of thioether (sulfide) groups is 1. The van der Waals surface area contributed by atoms with Crippen LogP contribution in [0.5, 0.6) is 0 Å². The third-order valence-corrected chi connectivity index (χ3v) is 9.17. The summed E-state index contributed by atoms with van der Waals surface area (Å²) in [6, 6.07) is 7.45. The van der Waals surface area contributed by atoms with E-state index >= 15 is 8.78 Å².